The van der Waals surface area contributed by atoms with Gasteiger partial charge >= 0.3 is 0 Å². The van der Waals surface area contributed by atoms with Gasteiger partial charge in [0, 0.05) is 42.9 Å². The van der Waals surface area contributed by atoms with Gasteiger partial charge in [0.05, 0.1) is 0 Å². The van der Waals surface area contributed by atoms with Gasteiger partial charge in [-0.1, -0.05) is 18.1 Å². The average Bonchev–Trinajstić information content (AvgIpc) is 3.62. The first-order chi connectivity index (χ1) is 16.4. The van der Waals surface area contributed by atoms with Gasteiger partial charge in [0.15, 0.2) is 11.5 Å². The van der Waals surface area contributed by atoms with Crippen molar-refractivity contribution < 1.29 is 27.2 Å². The second-order valence-electron chi connectivity index (χ2n) is 8.10. The largest absolute Gasteiger partial charge is 0.454 e. The third-order valence-corrected chi connectivity index (χ3v) is 9.24. The van der Waals surface area contributed by atoms with Crippen LogP contribution in [0.15, 0.2) is 38.4 Å². The van der Waals surface area contributed by atoms with Gasteiger partial charge in [-0.15, -0.1) is 11.3 Å². The summed E-state index contributed by atoms with van der Waals surface area (Å²) in [7, 11) is -3.65. The molecule has 12 heteroatoms. The highest BCUT2D eigenvalue weighted by molar-refractivity contribution is 7.91. The van der Waals surface area contributed by atoms with Gasteiger partial charge in [-0.2, -0.15) is 9.29 Å². The molecule has 0 radical (unpaired) electrons. The molecule has 0 unspecified atom stereocenters. The first-order valence-corrected chi connectivity index (χ1v) is 13.3. The predicted molar refractivity (Wildman–Crippen MR) is 123 cm³/mol. The molecule has 1 saturated heterocycles. The number of rotatable bonds is 7. The average molecular weight is 505 g/mol. The van der Waals surface area contributed by atoms with E-state index in [0.29, 0.717) is 67.7 Å². The lowest BCUT2D eigenvalue weighted by atomic mass is 9.97. The fraction of sp³-hybridized carbons (Fsp3) is 0.409. The van der Waals surface area contributed by atoms with Gasteiger partial charge in [-0.25, -0.2) is 8.42 Å². The second kappa shape index (κ2) is 9.35. The number of sulfonamides is 1. The molecule has 1 N–H and O–H groups in total. The summed E-state index contributed by atoms with van der Waals surface area (Å²) < 4.78 is 43.7. The number of hydrogen-bond donors (Lipinski definition) is 1. The van der Waals surface area contributed by atoms with E-state index >= 15 is 0 Å². The Labute approximate surface area is 200 Å². The highest BCUT2D eigenvalue weighted by Crippen LogP contribution is 2.33. The number of piperidine rings is 1. The SMILES string of the molecule is CCc1nc(-c2csc(S(=O)(=O)N3CCC(C(=O)NCc4ccc5c(c4)OCO5)CC3)c2)no1. The standard InChI is InChI=1S/C22H24N4O6S2/c1-2-19-24-21(25-32-19)16-10-20(33-12-16)34(28,29)26-7-5-15(6-8-26)22(27)23-11-14-3-4-17-18(9-14)31-13-30-17/h3-4,9-10,12,15H,2,5-8,11,13H2,1H3,(H,23,27). The molecule has 0 atom stereocenters. The highest BCUT2D eigenvalue weighted by atomic mass is 32.2. The van der Waals surface area contributed by atoms with Crippen LogP contribution in [0.5, 0.6) is 11.5 Å². The van der Waals surface area contributed by atoms with E-state index in [1.807, 2.05) is 25.1 Å². The lowest BCUT2D eigenvalue weighted by Crippen LogP contribution is -2.42. The molecule has 5 rings (SSSR count). The first kappa shape index (κ1) is 22.8. The summed E-state index contributed by atoms with van der Waals surface area (Å²) in [6.07, 6.45) is 1.55. The molecule has 3 aromatic rings. The van der Waals surface area contributed by atoms with E-state index in [2.05, 4.69) is 15.5 Å². The summed E-state index contributed by atoms with van der Waals surface area (Å²) in [5.41, 5.74) is 1.53. The molecule has 0 bridgehead atoms. The molecule has 0 spiro atoms. The van der Waals surface area contributed by atoms with Crippen molar-refractivity contribution in [1.82, 2.24) is 19.8 Å². The van der Waals surface area contributed by atoms with Crippen LogP contribution in [0.25, 0.3) is 11.4 Å². The van der Waals surface area contributed by atoms with Crippen LogP contribution in [0.2, 0.25) is 0 Å². The van der Waals surface area contributed by atoms with Crippen LogP contribution >= 0.6 is 11.3 Å². The van der Waals surface area contributed by atoms with E-state index in [1.165, 1.54) is 4.31 Å². The minimum atomic E-state index is -3.65. The molecule has 10 nitrogen and oxygen atoms in total. The van der Waals surface area contributed by atoms with E-state index in [-0.39, 0.29) is 22.8 Å². The van der Waals surface area contributed by atoms with Crippen molar-refractivity contribution in [2.45, 2.75) is 36.9 Å². The van der Waals surface area contributed by atoms with E-state index in [4.69, 9.17) is 14.0 Å². The monoisotopic (exact) mass is 504 g/mol. The van der Waals surface area contributed by atoms with Crippen molar-refractivity contribution in [3.8, 4) is 22.9 Å². The van der Waals surface area contributed by atoms with Crippen LogP contribution in [0.3, 0.4) is 0 Å². The van der Waals surface area contributed by atoms with E-state index in [0.717, 1.165) is 16.9 Å². The third kappa shape index (κ3) is 4.52. The lowest BCUT2D eigenvalue weighted by molar-refractivity contribution is -0.126. The van der Waals surface area contributed by atoms with Gasteiger partial charge in [-0.05, 0) is 36.6 Å². The Morgan fingerprint density at radius 2 is 2.00 bits per heavy atom. The Hall–Kier alpha value is -2.96. The lowest BCUT2D eigenvalue weighted by Gasteiger charge is -2.30. The zero-order valence-corrected chi connectivity index (χ0v) is 20.2. The number of hydrogen-bond acceptors (Lipinski definition) is 9. The molecule has 34 heavy (non-hydrogen) atoms. The summed E-state index contributed by atoms with van der Waals surface area (Å²) in [4.78, 5) is 16.9. The molecule has 0 aliphatic carbocycles. The Kier molecular flexibility index (Phi) is 6.28. The number of aromatic nitrogens is 2. The van der Waals surface area contributed by atoms with Gasteiger partial charge in [-0.3, -0.25) is 4.79 Å². The van der Waals surface area contributed by atoms with Gasteiger partial charge < -0.3 is 19.3 Å². The number of carbonyl (C=O) groups is 1. The van der Waals surface area contributed by atoms with Crippen molar-refractivity contribution in [3.63, 3.8) is 0 Å². The number of nitrogens with zero attached hydrogens (tertiary/aromatic N) is 3. The van der Waals surface area contributed by atoms with Crippen LogP contribution in [-0.4, -0.2) is 48.7 Å². The Morgan fingerprint density at radius 3 is 2.76 bits per heavy atom. The molecule has 180 valence electrons. The maximum Gasteiger partial charge on any atom is 0.252 e. The molecular formula is C22H24N4O6S2. The number of carbonyl (C=O) groups excluding carboxylic acids is 1. The van der Waals surface area contributed by atoms with Gasteiger partial charge in [0.25, 0.3) is 10.0 Å². The molecule has 2 aliphatic rings. The molecular weight excluding hydrogens is 480 g/mol. The van der Waals surface area contributed by atoms with Gasteiger partial charge in [0.2, 0.25) is 24.4 Å². The molecule has 1 fully saturated rings. The minimum absolute atomic E-state index is 0.0723. The first-order valence-electron chi connectivity index (χ1n) is 11.0. The van der Waals surface area contributed by atoms with Crippen LogP contribution in [0.4, 0.5) is 0 Å². The Balaban J connectivity index is 1.16. The maximum absolute atomic E-state index is 13.1. The van der Waals surface area contributed by atoms with Crippen molar-refractivity contribution >= 4 is 27.3 Å². The van der Waals surface area contributed by atoms with Crippen molar-refractivity contribution in [2.24, 2.45) is 5.92 Å². The van der Waals surface area contributed by atoms with Crippen molar-refractivity contribution in [2.75, 3.05) is 19.9 Å². The molecule has 4 heterocycles. The van der Waals surface area contributed by atoms with Gasteiger partial charge in [0.1, 0.15) is 4.21 Å². The number of benzene rings is 1. The Morgan fingerprint density at radius 1 is 1.21 bits per heavy atom. The summed E-state index contributed by atoms with van der Waals surface area (Å²) in [5.74, 6) is 1.96. The third-order valence-electron chi connectivity index (χ3n) is 5.93. The minimum Gasteiger partial charge on any atom is -0.454 e. The van der Waals surface area contributed by atoms with E-state index in [9.17, 15) is 13.2 Å². The molecule has 1 aromatic carbocycles. The highest BCUT2D eigenvalue weighted by Gasteiger charge is 2.33. The van der Waals surface area contributed by atoms with Crippen molar-refractivity contribution in [3.05, 3.63) is 41.1 Å². The zero-order valence-electron chi connectivity index (χ0n) is 18.5. The Bertz CT molecular complexity index is 1290. The number of amides is 1. The fourth-order valence-corrected chi connectivity index (χ4v) is 6.74. The predicted octanol–water partition coefficient (Wildman–Crippen LogP) is 2.81. The normalized spacial score (nSPS) is 16.6. The van der Waals surface area contributed by atoms with E-state index < -0.39 is 10.0 Å². The van der Waals surface area contributed by atoms with E-state index in [1.54, 1.807) is 11.4 Å². The number of aryl methyl sites for hydroxylation is 1. The summed E-state index contributed by atoms with van der Waals surface area (Å²) in [6.45, 7) is 3.07. The maximum atomic E-state index is 13.1. The topological polar surface area (TPSA) is 124 Å². The number of thiophene rings is 1. The van der Waals surface area contributed by atoms with Crippen LogP contribution in [-0.2, 0) is 27.8 Å². The van der Waals surface area contributed by atoms with Crippen LogP contribution in [0.1, 0.15) is 31.2 Å². The zero-order chi connectivity index (χ0) is 23.7. The molecule has 2 aromatic heterocycles. The quantitative estimate of drug-likeness (QED) is 0.521. The molecule has 1 amide bonds. The summed E-state index contributed by atoms with van der Waals surface area (Å²) >= 11 is 1.13. The summed E-state index contributed by atoms with van der Waals surface area (Å²) in [5, 5.41) is 8.57. The van der Waals surface area contributed by atoms with Crippen LogP contribution in [0, 0.1) is 5.92 Å². The van der Waals surface area contributed by atoms with Crippen LogP contribution < -0.4 is 14.8 Å². The second-order valence-corrected chi connectivity index (χ2v) is 11.2. The van der Waals surface area contributed by atoms with Crippen molar-refractivity contribution in [1.29, 1.82) is 0 Å². The molecule has 0 saturated carbocycles. The number of fused-ring (bicyclic) bond motifs is 1. The number of ether oxygens (including phenoxy) is 2. The molecule has 2 aliphatic heterocycles. The number of nitrogens with one attached hydrogen (secondary N) is 1. The smallest absolute Gasteiger partial charge is 0.252 e. The fourth-order valence-electron chi connectivity index (χ4n) is 3.95. The summed E-state index contributed by atoms with van der Waals surface area (Å²) in [6, 6.07) is 7.14.